The number of aromatic nitrogens is 3. The Kier molecular flexibility index (Phi) is 4.63. The second-order valence-corrected chi connectivity index (χ2v) is 6.52. The normalized spacial score (nSPS) is 14.7. The Morgan fingerprint density at radius 3 is 2.54 bits per heavy atom. The Hall–Kier alpha value is -2.96. The van der Waals surface area contributed by atoms with Crippen LogP contribution in [0.3, 0.4) is 0 Å². The molecule has 0 bridgehead atoms. The smallest absolute Gasteiger partial charge is 0.326 e. The Labute approximate surface area is 152 Å². The second-order valence-electron chi connectivity index (χ2n) is 6.52. The molecule has 0 N–H and O–H groups in total. The van der Waals surface area contributed by atoms with Crippen LogP contribution >= 0.6 is 0 Å². The lowest BCUT2D eigenvalue weighted by Crippen LogP contribution is -2.40. The number of carbonyl (C=O) groups excluding carboxylic acids is 2. The Morgan fingerprint density at radius 1 is 1.23 bits per heavy atom. The number of carbonyl (C=O) groups is 2. The number of rotatable bonds is 5. The highest BCUT2D eigenvalue weighted by Crippen LogP contribution is 2.35. The number of hydrogen-bond donors (Lipinski definition) is 0. The van der Waals surface area contributed by atoms with E-state index in [1.54, 1.807) is 30.0 Å². The van der Waals surface area contributed by atoms with E-state index in [4.69, 9.17) is 0 Å². The highest BCUT2D eigenvalue weighted by atomic mass is 16.3. The van der Waals surface area contributed by atoms with Crippen LogP contribution in [0.25, 0.3) is 11.3 Å². The van der Waals surface area contributed by atoms with Gasteiger partial charge in [0.25, 0.3) is 11.6 Å². The Balaban J connectivity index is 2.25. The molecule has 3 heterocycles. The Bertz CT molecular complexity index is 927. The summed E-state index contributed by atoms with van der Waals surface area (Å²) in [7, 11) is 1.54. The molecule has 2 amide bonds. The van der Waals surface area contributed by atoms with Crippen molar-refractivity contribution in [2.75, 3.05) is 6.54 Å². The zero-order valence-electron chi connectivity index (χ0n) is 15.4. The average molecular weight is 354 g/mol. The van der Waals surface area contributed by atoms with Crippen LogP contribution in [0.4, 0.5) is 0 Å². The summed E-state index contributed by atoms with van der Waals surface area (Å²) in [6.45, 7) is 5.91. The minimum absolute atomic E-state index is 0.136. The summed E-state index contributed by atoms with van der Waals surface area (Å²) in [5.41, 5.74) is 1.93. The van der Waals surface area contributed by atoms with E-state index in [0.29, 0.717) is 18.7 Å². The maximum Gasteiger partial charge on any atom is 0.326 e. The largest absolute Gasteiger partial charge is 0.858 e. The third-order valence-corrected chi connectivity index (χ3v) is 4.51. The number of amides is 2. The van der Waals surface area contributed by atoms with Crippen molar-refractivity contribution in [3.8, 4) is 5.88 Å². The molecule has 2 aromatic heterocycles. The lowest BCUT2D eigenvalue weighted by molar-refractivity contribution is -0.577. The van der Waals surface area contributed by atoms with Crippen LogP contribution in [0.1, 0.15) is 36.6 Å². The summed E-state index contributed by atoms with van der Waals surface area (Å²) in [4.78, 5) is 27.3. The zero-order chi connectivity index (χ0) is 19.0. The molecule has 0 saturated carbocycles. The minimum atomic E-state index is -0.430. The van der Waals surface area contributed by atoms with Crippen molar-refractivity contribution in [2.45, 2.75) is 33.6 Å². The molecule has 0 saturated heterocycles. The number of imide groups is 1. The van der Waals surface area contributed by atoms with Crippen LogP contribution < -0.4 is 9.67 Å². The number of nitrogens with zero attached hydrogens (tertiary/aromatic N) is 4. The molecular weight excluding hydrogens is 332 g/mol. The van der Waals surface area contributed by atoms with Gasteiger partial charge in [-0.05, 0) is 32.2 Å². The van der Waals surface area contributed by atoms with E-state index in [-0.39, 0.29) is 28.6 Å². The van der Waals surface area contributed by atoms with E-state index >= 15 is 0 Å². The first kappa shape index (κ1) is 17.8. The molecule has 0 fully saturated rings. The van der Waals surface area contributed by atoms with Gasteiger partial charge in [-0.3, -0.25) is 19.2 Å². The molecule has 0 radical (unpaired) electrons. The fraction of sp³-hybridized carbons (Fsp3) is 0.368. The van der Waals surface area contributed by atoms with Crippen LogP contribution in [0, 0.1) is 13.8 Å². The van der Waals surface area contributed by atoms with E-state index in [2.05, 4.69) is 5.10 Å². The molecule has 0 unspecified atom stereocenters. The predicted molar refractivity (Wildman–Crippen MR) is 93.5 cm³/mol. The molecule has 3 rings (SSSR count). The van der Waals surface area contributed by atoms with Crippen molar-refractivity contribution < 1.29 is 19.3 Å². The predicted octanol–water partition coefficient (Wildman–Crippen LogP) is 0.935. The summed E-state index contributed by atoms with van der Waals surface area (Å²) < 4.78 is 2.82. The molecule has 0 spiro atoms. The molecule has 7 heteroatoms. The fourth-order valence-corrected chi connectivity index (χ4v) is 3.20. The van der Waals surface area contributed by atoms with Crippen molar-refractivity contribution >= 4 is 23.1 Å². The van der Waals surface area contributed by atoms with Crippen molar-refractivity contribution in [3.63, 3.8) is 0 Å². The van der Waals surface area contributed by atoms with E-state index in [0.717, 1.165) is 12.0 Å². The molecule has 0 aliphatic carbocycles. The van der Waals surface area contributed by atoms with Gasteiger partial charge in [-0.25, -0.2) is 0 Å². The van der Waals surface area contributed by atoms with Crippen molar-refractivity contribution in [2.24, 2.45) is 7.05 Å². The first-order valence-corrected chi connectivity index (χ1v) is 8.66. The molecule has 136 valence electrons. The van der Waals surface area contributed by atoms with Crippen LogP contribution in [-0.4, -0.2) is 33.0 Å². The van der Waals surface area contributed by atoms with Crippen LogP contribution in [0.2, 0.25) is 0 Å². The SMILES string of the molecule is CCCCN1C(=O)C(c2c(C)nn(C)c2[O-])=C([n+]2cccc(C)c2)C1=O. The number of unbranched alkanes of at least 4 members (excludes halogenated alkanes) is 1. The summed E-state index contributed by atoms with van der Waals surface area (Å²) in [6, 6.07) is 3.71. The van der Waals surface area contributed by atoms with Crippen molar-refractivity contribution in [1.29, 1.82) is 0 Å². The summed E-state index contributed by atoms with van der Waals surface area (Å²) in [5.74, 6) is -1.18. The molecule has 1 aliphatic rings. The maximum absolute atomic E-state index is 13.1. The van der Waals surface area contributed by atoms with Gasteiger partial charge in [-0.1, -0.05) is 13.3 Å². The topological polar surface area (TPSA) is 82.1 Å². The summed E-state index contributed by atoms with van der Waals surface area (Å²) in [5, 5.41) is 16.7. The van der Waals surface area contributed by atoms with Crippen LogP contribution in [-0.2, 0) is 16.6 Å². The van der Waals surface area contributed by atoms with Gasteiger partial charge >= 0.3 is 5.91 Å². The minimum Gasteiger partial charge on any atom is -0.858 e. The molecule has 26 heavy (non-hydrogen) atoms. The second kappa shape index (κ2) is 6.74. The number of aryl methyl sites for hydroxylation is 3. The molecular formula is C19H22N4O3. The van der Waals surface area contributed by atoms with Gasteiger partial charge in [0.05, 0.1) is 5.69 Å². The fourth-order valence-electron chi connectivity index (χ4n) is 3.20. The van der Waals surface area contributed by atoms with Crippen molar-refractivity contribution in [3.05, 3.63) is 41.3 Å². The van der Waals surface area contributed by atoms with Gasteiger partial charge in [0.2, 0.25) is 0 Å². The molecule has 2 aromatic rings. The van der Waals surface area contributed by atoms with E-state index in [9.17, 15) is 14.7 Å². The zero-order valence-corrected chi connectivity index (χ0v) is 15.4. The quantitative estimate of drug-likeness (QED) is 0.591. The molecule has 0 aromatic carbocycles. The number of hydrogen-bond acceptors (Lipinski definition) is 4. The van der Waals surface area contributed by atoms with Gasteiger partial charge in [0.1, 0.15) is 5.57 Å². The van der Waals surface area contributed by atoms with E-state index in [1.165, 1.54) is 16.6 Å². The molecule has 7 nitrogen and oxygen atoms in total. The molecule has 0 atom stereocenters. The van der Waals surface area contributed by atoms with Crippen LogP contribution in [0.5, 0.6) is 5.88 Å². The highest BCUT2D eigenvalue weighted by Gasteiger charge is 2.46. The summed E-state index contributed by atoms with van der Waals surface area (Å²) >= 11 is 0. The maximum atomic E-state index is 13.1. The Morgan fingerprint density at radius 2 is 1.96 bits per heavy atom. The van der Waals surface area contributed by atoms with Gasteiger partial charge in [0.15, 0.2) is 12.4 Å². The summed E-state index contributed by atoms with van der Waals surface area (Å²) in [6.07, 6.45) is 5.07. The van der Waals surface area contributed by atoms with Gasteiger partial charge < -0.3 is 5.11 Å². The monoisotopic (exact) mass is 354 g/mol. The molecule has 1 aliphatic heterocycles. The van der Waals surface area contributed by atoms with E-state index < -0.39 is 5.91 Å². The lowest BCUT2D eigenvalue weighted by atomic mass is 10.0. The first-order valence-electron chi connectivity index (χ1n) is 8.66. The van der Waals surface area contributed by atoms with E-state index in [1.807, 2.05) is 19.9 Å². The lowest BCUT2D eigenvalue weighted by Gasteiger charge is -2.14. The highest BCUT2D eigenvalue weighted by molar-refractivity contribution is 6.44. The third-order valence-electron chi connectivity index (χ3n) is 4.51. The first-order chi connectivity index (χ1) is 12.4. The van der Waals surface area contributed by atoms with Gasteiger partial charge in [-0.15, -0.1) is 0 Å². The number of pyridine rings is 1. The average Bonchev–Trinajstić information content (AvgIpc) is 2.98. The van der Waals surface area contributed by atoms with Gasteiger partial charge in [-0.2, -0.15) is 9.67 Å². The van der Waals surface area contributed by atoms with Crippen LogP contribution in [0.15, 0.2) is 24.5 Å². The van der Waals surface area contributed by atoms with Gasteiger partial charge in [0, 0.05) is 30.8 Å². The van der Waals surface area contributed by atoms with Crippen molar-refractivity contribution in [1.82, 2.24) is 14.7 Å². The standard InChI is InChI=1S/C19H22N4O3/c1-5-6-10-23-18(25)15(14-13(3)20-21(4)17(14)24)16(19(23)26)22-9-7-8-12(2)11-22/h7-9,11H,5-6,10H2,1-4H3. The third kappa shape index (κ3) is 2.79.